The lowest BCUT2D eigenvalue weighted by Gasteiger charge is -2.22. The van der Waals surface area contributed by atoms with Gasteiger partial charge in [-0.2, -0.15) is 0 Å². The van der Waals surface area contributed by atoms with Gasteiger partial charge in [0.2, 0.25) is 0 Å². The lowest BCUT2D eigenvalue weighted by molar-refractivity contribution is 0.479. The molecular formula is C14H20ClN3. The summed E-state index contributed by atoms with van der Waals surface area (Å²) in [5.74, 6) is 1.54. The van der Waals surface area contributed by atoms with E-state index in [-0.39, 0.29) is 0 Å². The van der Waals surface area contributed by atoms with Crippen LogP contribution in [0.3, 0.4) is 0 Å². The summed E-state index contributed by atoms with van der Waals surface area (Å²) >= 11 is 6.02. The molecule has 1 aromatic carbocycles. The fourth-order valence-corrected chi connectivity index (χ4v) is 2.40. The smallest absolute Gasteiger partial charge is 0.195 e. The fourth-order valence-electron chi connectivity index (χ4n) is 2.20. The number of aliphatic imine (C=N–C) groups is 1. The Morgan fingerprint density at radius 1 is 1.22 bits per heavy atom. The molecule has 2 rings (SSSR count). The van der Waals surface area contributed by atoms with Crippen LogP contribution in [0.1, 0.15) is 17.9 Å². The summed E-state index contributed by atoms with van der Waals surface area (Å²) in [6.45, 7) is 0. The molecule has 0 spiro atoms. The molecule has 0 aliphatic heterocycles. The van der Waals surface area contributed by atoms with E-state index in [4.69, 9.17) is 16.6 Å². The molecule has 3 nitrogen and oxygen atoms in total. The maximum atomic E-state index is 6.02. The lowest BCUT2D eigenvalue weighted by atomic mass is 10.1. The van der Waals surface area contributed by atoms with E-state index < -0.39 is 0 Å². The maximum Gasteiger partial charge on any atom is 0.195 e. The second kappa shape index (κ2) is 5.19. The highest BCUT2D eigenvalue weighted by molar-refractivity contribution is 6.30. The highest BCUT2D eigenvalue weighted by atomic mass is 35.5. The Morgan fingerprint density at radius 2 is 1.89 bits per heavy atom. The molecule has 0 N–H and O–H groups in total. The highest BCUT2D eigenvalue weighted by Gasteiger charge is 2.39. The van der Waals surface area contributed by atoms with Gasteiger partial charge in [-0.1, -0.05) is 23.7 Å². The first-order valence-corrected chi connectivity index (χ1v) is 6.54. The summed E-state index contributed by atoms with van der Waals surface area (Å²) in [5, 5.41) is 0.808. The van der Waals surface area contributed by atoms with Crippen LogP contribution in [0.25, 0.3) is 0 Å². The van der Waals surface area contributed by atoms with Crippen LogP contribution in [0.5, 0.6) is 0 Å². The molecule has 1 aliphatic rings. The highest BCUT2D eigenvalue weighted by Crippen LogP contribution is 2.44. The van der Waals surface area contributed by atoms with Crippen molar-refractivity contribution in [2.45, 2.75) is 18.4 Å². The first kappa shape index (κ1) is 13.2. The predicted molar refractivity (Wildman–Crippen MR) is 77.4 cm³/mol. The predicted octanol–water partition coefficient (Wildman–Crippen LogP) is 2.68. The van der Waals surface area contributed by atoms with E-state index in [0.29, 0.717) is 12.0 Å². The Balaban J connectivity index is 2.09. The van der Waals surface area contributed by atoms with Gasteiger partial charge < -0.3 is 9.80 Å². The van der Waals surface area contributed by atoms with Crippen LogP contribution in [-0.2, 0) is 0 Å². The minimum Gasteiger partial charge on any atom is -0.349 e. The summed E-state index contributed by atoms with van der Waals surface area (Å²) < 4.78 is 0. The first-order chi connectivity index (χ1) is 8.49. The number of halogens is 1. The third-order valence-electron chi connectivity index (χ3n) is 3.11. The van der Waals surface area contributed by atoms with Crippen molar-refractivity contribution in [3.63, 3.8) is 0 Å². The van der Waals surface area contributed by atoms with Gasteiger partial charge in [0.05, 0.1) is 6.04 Å². The number of nitrogens with zero attached hydrogens (tertiary/aromatic N) is 3. The Kier molecular flexibility index (Phi) is 3.81. The van der Waals surface area contributed by atoms with Gasteiger partial charge in [0.25, 0.3) is 0 Å². The zero-order valence-electron chi connectivity index (χ0n) is 11.4. The Morgan fingerprint density at radius 3 is 2.44 bits per heavy atom. The topological polar surface area (TPSA) is 18.8 Å². The summed E-state index contributed by atoms with van der Waals surface area (Å²) in [5.41, 5.74) is 1.30. The first-order valence-electron chi connectivity index (χ1n) is 6.17. The summed E-state index contributed by atoms with van der Waals surface area (Å²) in [6.07, 6.45) is 1.12. The summed E-state index contributed by atoms with van der Waals surface area (Å²) in [4.78, 5) is 8.90. The molecule has 2 atom stereocenters. The van der Waals surface area contributed by atoms with Crippen LogP contribution in [0.2, 0.25) is 5.02 Å². The zero-order chi connectivity index (χ0) is 13.3. The zero-order valence-corrected chi connectivity index (χ0v) is 12.1. The molecule has 1 fully saturated rings. The van der Waals surface area contributed by atoms with E-state index in [1.807, 2.05) is 56.2 Å². The molecular weight excluding hydrogens is 246 g/mol. The van der Waals surface area contributed by atoms with Crippen molar-refractivity contribution in [3.05, 3.63) is 34.9 Å². The standard InChI is InChI=1S/C14H20ClN3/c1-17(2)14(18(3)4)16-13-9-12(13)10-6-5-7-11(15)8-10/h5-8,12-13H,9H2,1-4H3/t12-,13+/m0/s1. The van der Waals surface area contributed by atoms with E-state index in [9.17, 15) is 0 Å². The number of benzene rings is 1. The third kappa shape index (κ3) is 2.96. The largest absolute Gasteiger partial charge is 0.349 e. The maximum absolute atomic E-state index is 6.02. The van der Waals surface area contributed by atoms with Crippen LogP contribution in [-0.4, -0.2) is 50.0 Å². The van der Waals surface area contributed by atoms with Crippen LogP contribution in [0.4, 0.5) is 0 Å². The van der Waals surface area contributed by atoms with Gasteiger partial charge in [0.1, 0.15) is 0 Å². The van der Waals surface area contributed by atoms with Crippen molar-refractivity contribution in [2.75, 3.05) is 28.2 Å². The molecule has 1 aromatic rings. The summed E-state index contributed by atoms with van der Waals surface area (Å²) in [7, 11) is 8.09. The van der Waals surface area contributed by atoms with Gasteiger partial charge in [-0.15, -0.1) is 0 Å². The quantitative estimate of drug-likeness (QED) is 0.605. The van der Waals surface area contributed by atoms with Crippen molar-refractivity contribution >= 4 is 17.6 Å². The minimum atomic E-state index is 0.392. The number of guanidine groups is 1. The lowest BCUT2D eigenvalue weighted by Crippen LogP contribution is -2.35. The Hall–Kier alpha value is -1.22. The van der Waals surface area contributed by atoms with E-state index in [0.717, 1.165) is 17.4 Å². The molecule has 4 heteroatoms. The van der Waals surface area contributed by atoms with Crippen LogP contribution in [0.15, 0.2) is 29.3 Å². The second-order valence-corrected chi connectivity index (χ2v) is 5.62. The molecule has 0 amide bonds. The van der Waals surface area contributed by atoms with E-state index in [1.54, 1.807) is 0 Å². The number of hydrogen-bond donors (Lipinski definition) is 0. The molecule has 0 unspecified atom stereocenters. The third-order valence-corrected chi connectivity index (χ3v) is 3.35. The van der Waals surface area contributed by atoms with E-state index >= 15 is 0 Å². The summed E-state index contributed by atoms with van der Waals surface area (Å²) in [6, 6.07) is 8.50. The van der Waals surface area contributed by atoms with Crippen LogP contribution < -0.4 is 0 Å². The van der Waals surface area contributed by atoms with Crippen molar-refractivity contribution in [1.82, 2.24) is 9.80 Å². The monoisotopic (exact) mass is 265 g/mol. The van der Waals surface area contributed by atoms with Crippen LogP contribution >= 0.6 is 11.6 Å². The molecule has 98 valence electrons. The molecule has 18 heavy (non-hydrogen) atoms. The van der Waals surface area contributed by atoms with Gasteiger partial charge >= 0.3 is 0 Å². The van der Waals surface area contributed by atoms with Gasteiger partial charge in [0.15, 0.2) is 5.96 Å². The molecule has 0 radical (unpaired) electrons. The number of hydrogen-bond acceptors (Lipinski definition) is 1. The molecule has 0 bridgehead atoms. The van der Waals surface area contributed by atoms with Crippen molar-refractivity contribution in [1.29, 1.82) is 0 Å². The average molecular weight is 266 g/mol. The van der Waals surface area contributed by atoms with Crippen molar-refractivity contribution in [3.8, 4) is 0 Å². The van der Waals surface area contributed by atoms with E-state index in [2.05, 4.69) is 6.07 Å². The van der Waals surface area contributed by atoms with Gasteiger partial charge in [-0.05, 0) is 24.1 Å². The SMILES string of the molecule is CN(C)C(=N[C@@H]1C[C@H]1c1cccc(Cl)c1)N(C)C. The molecule has 1 saturated carbocycles. The minimum absolute atomic E-state index is 0.392. The number of rotatable bonds is 2. The van der Waals surface area contributed by atoms with Crippen molar-refractivity contribution < 1.29 is 0 Å². The molecule has 0 aromatic heterocycles. The Labute approximate surface area is 114 Å². The van der Waals surface area contributed by atoms with Crippen molar-refractivity contribution in [2.24, 2.45) is 4.99 Å². The average Bonchev–Trinajstić information content (AvgIpc) is 3.04. The normalized spacial score (nSPS) is 21.4. The molecule has 1 aliphatic carbocycles. The second-order valence-electron chi connectivity index (χ2n) is 5.18. The fraction of sp³-hybridized carbons (Fsp3) is 0.500. The van der Waals surface area contributed by atoms with Gasteiger partial charge in [-0.3, -0.25) is 0 Å². The molecule has 0 heterocycles. The Bertz CT molecular complexity index is 444. The van der Waals surface area contributed by atoms with E-state index in [1.165, 1.54) is 5.56 Å². The molecule has 0 saturated heterocycles. The van der Waals surface area contributed by atoms with Gasteiger partial charge in [0, 0.05) is 39.1 Å². The van der Waals surface area contributed by atoms with Gasteiger partial charge in [-0.25, -0.2) is 4.99 Å². The van der Waals surface area contributed by atoms with Crippen LogP contribution in [0, 0.1) is 0 Å².